The molecular weight excluding hydrogens is 574 g/mol. The van der Waals surface area contributed by atoms with Crippen LogP contribution >= 0.6 is 0 Å². The fourth-order valence-corrected chi connectivity index (χ4v) is 10.5. The van der Waals surface area contributed by atoms with Crippen molar-refractivity contribution in [2.24, 2.45) is 23.7 Å². The minimum absolute atomic E-state index is 0.152. The van der Waals surface area contributed by atoms with Crippen LogP contribution in [0.1, 0.15) is 43.2 Å². The van der Waals surface area contributed by atoms with Crippen molar-refractivity contribution in [1.29, 1.82) is 0 Å². The summed E-state index contributed by atoms with van der Waals surface area (Å²) in [7, 11) is 0. The van der Waals surface area contributed by atoms with Crippen LogP contribution in [0, 0.1) is 23.7 Å². The van der Waals surface area contributed by atoms with E-state index >= 15 is 0 Å². The standard InChI is InChI=1S/C43H33N3O/c1-2-8-27(9-3-1)40-44-41(46-42(45-40)29-14-16-34-33-11-5-7-13-38(33)47-39(34)24-29)28-15-17-37-35(23-28)32-10-4-6-12-36(32)43(37)30-19-25-18-26(21-30)22-31(43)20-25/h1-17,23-26,30-31H,18-22H2. The Morgan fingerprint density at radius 1 is 0.468 bits per heavy atom. The Kier molecular flexibility index (Phi) is 5.25. The zero-order valence-corrected chi connectivity index (χ0v) is 26.1. The summed E-state index contributed by atoms with van der Waals surface area (Å²) in [5, 5.41) is 2.21. The van der Waals surface area contributed by atoms with E-state index in [9.17, 15) is 0 Å². The Hall–Kier alpha value is -5.09. The van der Waals surface area contributed by atoms with Crippen molar-refractivity contribution in [3.05, 3.63) is 126 Å². The minimum atomic E-state index is 0.152. The van der Waals surface area contributed by atoms with Crippen LogP contribution in [0.3, 0.4) is 0 Å². The van der Waals surface area contributed by atoms with E-state index in [-0.39, 0.29) is 5.41 Å². The summed E-state index contributed by atoms with van der Waals surface area (Å²) in [4.78, 5) is 15.3. The van der Waals surface area contributed by atoms with E-state index in [0.29, 0.717) is 17.5 Å². The van der Waals surface area contributed by atoms with Gasteiger partial charge in [-0.15, -0.1) is 0 Å². The van der Waals surface area contributed by atoms with E-state index < -0.39 is 0 Å². The Labute approximate surface area is 273 Å². The summed E-state index contributed by atoms with van der Waals surface area (Å²) >= 11 is 0. The maximum absolute atomic E-state index is 6.25. The lowest BCUT2D eigenvalue weighted by atomic mass is 9.43. The minimum Gasteiger partial charge on any atom is -0.456 e. The third-order valence-electron chi connectivity index (χ3n) is 12.1. The van der Waals surface area contributed by atoms with E-state index in [2.05, 4.69) is 84.9 Å². The summed E-state index contributed by atoms with van der Waals surface area (Å²) in [6, 6.07) is 41.1. The van der Waals surface area contributed by atoms with Crippen molar-refractivity contribution in [2.45, 2.75) is 37.5 Å². The summed E-state index contributed by atoms with van der Waals surface area (Å²) in [6.07, 6.45) is 7.00. The van der Waals surface area contributed by atoms with Crippen LogP contribution in [0.2, 0.25) is 0 Å². The Morgan fingerprint density at radius 2 is 1.06 bits per heavy atom. The van der Waals surface area contributed by atoms with Crippen LogP contribution in [0.5, 0.6) is 0 Å². The predicted molar refractivity (Wildman–Crippen MR) is 187 cm³/mol. The van der Waals surface area contributed by atoms with Gasteiger partial charge in [0.25, 0.3) is 0 Å². The van der Waals surface area contributed by atoms with Gasteiger partial charge in [-0.3, -0.25) is 0 Å². The Morgan fingerprint density at radius 3 is 1.85 bits per heavy atom. The fraction of sp³-hybridized carbons (Fsp3) is 0.233. The third-order valence-corrected chi connectivity index (χ3v) is 12.1. The van der Waals surface area contributed by atoms with Crippen molar-refractivity contribution < 1.29 is 4.42 Å². The van der Waals surface area contributed by atoms with Crippen LogP contribution in [0.25, 0.3) is 67.2 Å². The van der Waals surface area contributed by atoms with Gasteiger partial charge in [-0.25, -0.2) is 15.0 Å². The van der Waals surface area contributed by atoms with Gasteiger partial charge < -0.3 is 4.42 Å². The first-order valence-electron chi connectivity index (χ1n) is 17.2. The van der Waals surface area contributed by atoms with Gasteiger partial charge in [-0.2, -0.15) is 0 Å². The molecule has 4 fully saturated rings. The lowest BCUT2D eigenvalue weighted by molar-refractivity contribution is -0.0399. The number of fused-ring (bicyclic) bond motifs is 6. The molecule has 4 bridgehead atoms. The maximum Gasteiger partial charge on any atom is 0.164 e. The molecule has 2 heterocycles. The molecule has 1 spiro atoms. The van der Waals surface area contributed by atoms with E-state index in [0.717, 1.165) is 62.3 Å². The molecule has 0 amide bonds. The number of benzene rings is 5. The molecule has 0 unspecified atom stereocenters. The predicted octanol–water partition coefficient (Wildman–Crippen LogP) is 10.5. The SMILES string of the molecule is c1ccc(-c2nc(-c3ccc4c(c3)-c3ccccc3C43C4CC5CC(C4)CC3C5)nc(-c3ccc4c(c3)oc3ccccc34)n2)cc1. The summed E-state index contributed by atoms with van der Waals surface area (Å²) < 4.78 is 6.25. The molecule has 0 aliphatic heterocycles. The third kappa shape index (κ3) is 3.61. The lowest BCUT2D eigenvalue weighted by Crippen LogP contribution is -2.55. The zero-order valence-electron chi connectivity index (χ0n) is 26.1. The topological polar surface area (TPSA) is 51.8 Å². The second-order valence-corrected chi connectivity index (χ2v) is 14.5. The molecule has 0 N–H and O–H groups in total. The van der Waals surface area contributed by atoms with Crippen LogP contribution in [-0.4, -0.2) is 15.0 Å². The molecule has 0 saturated heterocycles. The van der Waals surface area contributed by atoms with Gasteiger partial charge in [0.2, 0.25) is 0 Å². The lowest BCUT2D eigenvalue weighted by Gasteiger charge is -2.61. The molecule has 226 valence electrons. The van der Waals surface area contributed by atoms with E-state index in [1.165, 1.54) is 43.2 Å². The Balaban J connectivity index is 1.09. The first kappa shape index (κ1) is 26.0. The number of hydrogen-bond donors (Lipinski definition) is 0. The first-order chi connectivity index (χ1) is 23.2. The maximum atomic E-state index is 6.25. The number of nitrogens with zero attached hydrogens (tertiary/aromatic N) is 3. The van der Waals surface area contributed by atoms with Crippen molar-refractivity contribution in [3.8, 4) is 45.3 Å². The molecule has 5 aliphatic carbocycles. The molecular formula is C43H33N3O. The number of para-hydroxylation sites is 1. The summed E-state index contributed by atoms with van der Waals surface area (Å²) in [5.74, 6) is 5.37. The summed E-state index contributed by atoms with van der Waals surface area (Å²) in [6.45, 7) is 0. The molecule has 0 radical (unpaired) electrons. The molecule has 4 heteroatoms. The van der Waals surface area contributed by atoms with Gasteiger partial charge in [0.15, 0.2) is 17.5 Å². The molecule has 4 nitrogen and oxygen atoms in total. The van der Waals surface area contributed by atoms with Gasteiger partial charge in [0.05, 0.1) is 0 Å². The average Bonchev–Trinajstić information content (AvgIpc) is 3.64. The normalized spacial score (nSPS) is 25.1. The quantitative estimate of drug-likeness (QED) is 0.201. The zero-order chi connectivity index (χ0) is 30.7. The largest absolute Gasteiger partial charge is 0.456 e. The van der Waals surface area contributed by atoms with E-state index in [4.69, 9.17) is 19.4 Å². The van der Waals surface area contributed by atoms with Crippen molar-refractivity contribution >= 4 is 21.9 Å². The molecule has 0 atom stereocenters. The highest BCUT2D eigenvalue weighted by atomic mass is 16.3. The van der Waals surface area contributed by atoms with E-state index in [1.54, 1.807) is 11.1 Å². The number of aromatic nitrogens is 3. The first-order valence-corrected chi connectivity index (χ1v) is 17.2. The Bertz CT molecular complexity index is 2360. The second kappa shape index (κ2) is 9.48. The molecule has 5 aliphatic rings. The molecule has 47 heavy (non-hydrogen) atoms. The van der Waals surface area contributed by atoms with Crippen LogP contribution in [0.15, 0.2) is 120 Å². The molecule has 2 aromatic heterocycles. The second-order valence-electron chi connectivity index (χ2n) is 14.5. The van der Waals surface area contributed by atoms with Crippen LogP contribution in [0.4, 0.5) is 0 Å². The van der Waals surface area contributed by atoms with Gasteiger partial charge in [0.1, 0.15) is 11.2 Å². The van der Waals surface area contributed by atoms with Crippen molar-refractivity contribution in [2.75, 3.05) is 0 Å². The molecule has 12 rings (SSSR count). The fourth-order valence-electron chi connectivity index (χ4n) is 10.5. The van der Waals surface area contributed by atoms with Crippen molar-refractivity contribution in [1.82, 2.24) is 15.0 Å². The van der Waals surface area contributed by atoms with Gasteiger partial charge in [-0.1, -0.05) is 91.0 Å². The number of hydrogen-bond acceptors (Lipinski definition) is 4. The van der Waals surface area contributed by atoms with Crippen molar-refractivity contribution in [3.63, 3.8) is 0 Å². The van der Waals surface area contributed by atoms with Gasteiger partial charge >= 0.3 is 0 Å². The van der Waals surface area contributed by atoms with Gasteiger partial charge in [0, 0.05) is 32.9 Å². The molecule has 4 saturated carbocycles. The van der Waals surface area contributed by atoms with Crippen LogP contribution < -0.4 is 0 Å². The monoisotopic (exact) mass is 607 g/mol. The highest BCUT2D eigenvalue weighted by Crippen LogP contribution is 2.69. The van der Waals surface area contributed by atoms with Gasteiger partial charge in [-0.05, 0) is 102 Å². The molecule has 7 aromatic rings. The van der Waals surface area contributed by atoms with E-state index in [1.807, 2.05) is 30.3 Å². The smallest absolute Gasteiger partial charge is 0.164 e. The highest BCUT2D eigenvalue weighted by Gasteiger charge is 2.61. The highest BCUT2D eigenvalue weighted by molar-refractivity contribution is 6.05. The average molecular weight is 608 g/mol. The molecule has 5 aromatic carbocycles. The van der Waals surface area contributed by atoms with Crippen LogP contribution in [-0.2, 0) is 5.41 Å². The number of furan rings is 1. The number of rotatable bonds is 3. The summed E-state index contributed by atoms with van der Waals surface area (Å²) in [5.41, 5.74) is 10.7.